The highest BCUT2D eigenvalue weighted by atomic mass is 16.3. The van der Waals surface area contributed by atoms with Crippen molar-refractivity contribution in [1.82, 2.24) is 0 Å². The van der Waals surface area contributed by atoms with Crippen molar-refractivity contribution in [2.75, 3.05) is 19.7 Å². The van der Waals surface area contributed by atoms with Crippen molar-refractivity contribution >= 4 is 0 Å². The molecule has 0 saturated heterocycles. The van der Waals surface area contributed by atoms with Crippen LogP contribution in [0.4, 0.5) is 0 Å². The molecule has 9 heavy (non-hydrogen) atoms. The molecular formula is C6H16N2O. The molecule has 0 aliphatic carbocycles. The lowest BCUT2D eigenvalue weighted by Crippen LogP contribution is -2.40. The van der Waals surface area contributed by atoms with Gasteiger partial charge in [0, 0.05) is 18.5 Å². The minimum atomic E-state index is -0.222. The van der Waals surface area contributed by atoms with Crippen LogP contribution in [0.15, 0.2) is 0 Å². The van der Waals surface area contributed by atoms with E-state index in [4.69, 9.17) is 16.6 Å². The Hall–Kier alpha value is -0.120. The minimum Gasteiger partial charge on any atom is -0.396 e. The molecule has 0 fully saturated rings. The topological polar surface area (TPSA) is 72.3 Å². The van der Waals surface area contributed by atoms with E-state index < -0.39 is 0 Å². The molecule has 0 atom stereocenters. The maximum atomic E-state index is 8.82. The molecule has 0 unspecified atom stereocenters. The van der Waals surface area contributed by atoms with E-state index >= 15 is 0 Å². The minimum absolute atomic E-state index is 0.0938. The average Bonchev–Trinajstić information content (AvgIpc) is 1.95. The molecule has 3 heteroatoms. The third-order valence-corrected chi connectivity index (χ3v) is 1.95. The predicted octanol–water partition coefficient (Wildman–Crippen LogP) is -0.707. The molecule has 56 valence electrons. The van der Waals surface area contributed by atoms with Crippen molar-refractivity contribution in [3.8, 4) is 0 Å². The summed E-state index contributed by atoms with van der Waals surface area (Å²) in [6.45, 7) is 3.01. The van der Waals surface area contributed by atoms with Crippen LogP contribution in [0.2, 0.25) is 0 Å². The lowest BCUT2D eigenvalue weighted by molar-refractivity contribution is 0.135. The fourth-order valence-electron chi connectivity index (χ4n) is 0.613. The fraction of sp³-hybridized carbons (Fsp3) is 1.00. The first-order chi connectivity index (χ1) is 4.24. The van der Waals surface area contributed by atoms with E-state index in [9.17, 15) is 0 Å². The normalized spacial score (nSPS) is 12.0. The Morgan fingerprint density at radius 2 is 1.78 bits per heavy atom. The lowest BCUT2D eigenvalue weighted by atomic mass is 9.86. The van der Waals surface area contributed by atoms with E-state index in [1.165, 1.54) is 0 Å². The molecule has 0 bridgehead atoms. The zero-order valence-corrected chi connectivity index (χ0v) is 5.93. The van der Waals surface area contributed by atoms with Crippen LogP contribution in [0.25, 0.3) is 0 Å². The van der Waals surface area contributed by atoms with Gasteiger partial charge in [0.05, 0.1) is 6.61 Å². The van der Waals surface area contributed by atoms with Gasteiger partial charge < -0.3 is 16.6 Å². The molecule has 0 aliphatic heterocycles. The highest BCUT2D eigenvalue weighted by molar-refractivity contribution is 4.78. The van der Waals surface area contributed by atoms with Crippen molar-refractivity contribution in [3.63, 3.8) is 0 Å². The molecule has 0 aromatic carbocycles. The Morgan fingerprint density at radius 3 is 1.78 bits per heavy atom. The number of rotatable bonds is 4. The first kappa shape index (κ1) is 8.88. The summed E-state index contributed by atoms with van der Waals surface area (Å²) >= 11 is 0. The molecular weight excluding hydrogens is 116 g/mol. The van der Waals surface area contributed by atoms with Gasteiger partial charge in [-0.25, -0.2) is 0 Å². The molecule has 0 heterocycles. The van der Waals surface area contributed by atoms with Crippen LogP contribution < -0.4 is 11.5 Å². The summed E-state index contributed by atoms with van der Waals surface area (Å²) in [6, 6.07) is 0. The highest BCUT2D eigenvalue weighted by Gasteiger charge is 2.22. The molecule has 0 amide bonds. The molecule has 0 aromatic heterocycles. The Kier molecular flexibility index (Phi) is 3.77. The largest absolute Gasteiger partial charge is 0.396 e. The van der Waals surface area contributed by atoms with Gasteiger partial charge in [-0.15, -0.1) is 0 Å². The summed E-state index contributed by atoms with van der Waals surface area (Å²) < 4.78 is 0. The van der Waals surface area contributed by atoms with Crippen molar-refractivity contribution < 1.29 is 5.11 Å². The van der Waals surface area contributed by atoms with Gasteiger partial charge in [0.2, 0.25) is 0 Å². The Bertz CT molecular complexity index is 53.9. The third kappa shape index (κ3) is 1.93. The van der Waals surface area contributed by atoms with Gasteiger partial charge in [0.15, 0.2) is 0 Å². The smallest absolute Gasteiger partial charge is 0.0511 e. The standard InChI is InChI=1S/C6H16N2O/c1-2-6(3-7,4-8)5-9/h9H,2-5,7-8H2,1H3. The third-order valence-electron chi connectivity index (χ3n) is 1.95. The van der Waals surface area contributed by atoms with Crippen LogP contribution in [-0.4, -0.2) is 24.8 Å². The van der Waals surface area contributed by atoms with E-state index in [0.717, 1.165) is 6.42 Å². The monoisotopic (exact) mass is 132 g/mol. The average molecular weight is 132 g/mol. The summed E-state index contributed by atoms with van der Waals surface area (Å²) in [7, 11) is 0. The van der Waals surface area contributed by atoms with Gasteiger partial charge in [-0.2, -0.15) is 0 Å². The quantitative estimate of drug-likeness (QED) is 0.473. The lowest BCUT2D eigenvalue weighted by Gasteiger charge is -2.26. The maximum Gasteiger partial charge on any atom is 0.0511 e. The van der Waals surface area contributed by atoms with Gasteiger partial charge in [-0.05, 0) is 6.42 Å². The predicted molar refractivity (Wildman–Crippen MR) is 37.9 cm³/mol. The molecule has 0 aromatic rings. The van der Waals surface area contributed by atoms with Crippen molar-refractivity contribution in [2.45, 2.75) is 13.3 Å². The highest BCUT2D eigenvalue weighted by Crippen LogP contribution is 2.16. The van der Waals surface area contributed by atoms with Crippen molar-refractivity contribution in [1.29, 1.82) is 0 Å². The second-order valence-electron chi connectivity index (χ2n) is 2.42. The Labute approximate surface area is 56.0 Å². The number of nitrogens with two attached hydrogens (primary N) is 2. The van der Waals surface area contributed by atoms with Gasteiger partial charge in [-0.3, -0.25) is 0 Å². The van der Waals surface area contributed by atoms with Gasteiger partial charge in [0.1, 0.15) is 0 Å². The first-order valence-electron chi connectivity index (χ1n) is 3.25. The van der Waals surface area contributed by atoms with Crippen LogP contribution in [0.3, 0.4) is 0 Å². The van der Waals surface area contributed by atoms with Gasteiger partial charge in [0.25, 0.3) is 0 Å². The molecule has 5 N–H and O–H groups in total. The van der Waals surface area contributed by atoms with Crippen LogP contribution in [0.1, 0.15) is 13.3 Å². The Balaban J connectivity index is 3.82. The van der Waals surface area contributed by atoms with Crippen LogP contribution in [0.5, 0.6) is 0 Å². The van der Waals surface area contributed by atoms with Gasteiger partial charge in [-0.1, -0.05) is 6.92 Å². The Morgan fingerprint density at radius 1 is 1.33 bits per heavy atom. The molecule has 0 spiro atoms. The van der Waals surface area contributed by atoms with Crippen LogP contribution >= 0.6 is 0 Å². The second-order valence-corrected chi connectivity index (χ2v) is 2.42. The van der Waals surface area contributed by atoms with E-state index in [-0.39, 0.29) is 12.0 Å². The summed E-state index contributed by atoms with van der Waals surface area (Å²) in [5.74, 6) is 0. The first-order valence-corrected chi connectivity index (χ1v) is 3.25. The molecule has 0 rings (SSSR count). The SMILES string of the molecule is CCC(CN)(CN)CO. The summed E-state index contributed by atoms with van der Waals surface area (Å²) in [5.41, 5.74) is 10.6. The fourth-order valence-corrected chi connectivity index (χ4v) is 0.613. The maximum absolute atomic E-state index is 8.82. The number of hydrogen-bond acceptors (Lipinski definition) is 3. The second kappa shape index (κ2) is 3.82. The van der Waals surface area contributed by atoms with Crippen LogP contribution in [-0.2, 0) is 0 Å². The molecule has 0 aliphatic rings. The molecule has 0 radical (unpaired) electrons. The van der Waals surface area contributed by atoms with Crippen LogP contribution in [0, 0.1) is 5.41 Å². The van der Waals surface area contributed by atoms with Gasteiger partial charge >= 0.3 is 0 Å². The number of aliphatic hydroxyl groups excluding tert-OH is 1. The zero-order valence-electron chi connectivity index (χ0n) is 5.93. The van der Waals surface area contributed by atoms with E-state index in [0.29, 0.717) is 13.1 Å². The van der Waals surface area contributed by atoms with E-state index in [1.54, 1.807) is 0 Å². The molecule has 3 nitrogen and oxygen atoms in total. The molecule has 0 saturated carbocycles. The van der Waals surface area contributed by atoms with E-state index in [1.807, 2.05) is 6.92 Å². The zero-order chi connectivity index (χ0) is 7.33. The van der Waals surface area contributed by atoms with Crippen molar-refractivity contribution in [2.24, 2.45) is 16.9 Å². The van der Waals surface area contributed by atoms with Crippen molar-refractivity contribution in [3.05, 3.63) is 0 Å². The summed E-state index contributed by atoms with van der Waals surface area (Å²) in [5, 5.41) is 8.82. The summed E-state index contributed by atoms with van der Waals surface area (Å²) in [6.07, 6.45) is 0.844. The number of hydrogen-bond donors (Lipinski definition) is 3. The van der Waals surface area contributed by atoms with E-state index in [2.05, 4.69) is 0 Å². The summed E-state index contributed by atoms with van der Waals surface area (Å²) in [4.78, 5) is 0. The number of aliphatic hydroxyl groups is 1.